The van der Waals surface area contributed by atoms with Crippen LogP contribution in [0, 0.1) is 5.92 Å². The number of aryl methyl sites for hydroxylation is 1. The van der Waals surface area contributed by atoms with Crippen molar-refractivity contribution in [3.05, 3.63) is 17.0 Å². The van der Waals surface area contributed by atoms with Crippen LogP contribution < -0.4 is 4.72 Å². The molecular weight excluding hydrogens is 346 g/mol. The van der Waals surface area contributed by atoms with Gasteiger partial charge in [0, 0.05) is 16.2 Å². The van der Waals surface area contributed by atoms with E-state index in [4.69, 9.17) is 0 Å². The number of rotatable bonds is 5. The molecule has 0 radical (unpaired) electrons. The lowest BCUT2D eigenvalue weighted by Crippen LogP contribution is -2.34. The number of sulfonamides is 1. The molecule has 6 heteroatoms. The Morgan fingerprint density at radius 2 is 2.11 bits per heavy atom. The van der Waals surface area contributed by atoms with Crippen molar-refractivity contribution in [3.63, 3.8) is 0 Å². The van der Waals surface area contributed by atoms with E-state index in [2.05, 4.69) is 20.7 Å². The van der Waals surface area contributed by atoms with Gasteiger partial charge < -0.3 is 0 Å². The molecule has 0 spiro atoms. The minimum absolute atomic E-state index is 0.411. The number of halogens is 1. The average molecular weight is 366 g/mol. The quantitative estimate of drug-likeness (QED) is 0.811. The van der Waals surface area contributed by atoms with Crippen LogP contribution in [0.15, 0.2) is 16.3 Å². The molecule has 1 aliphatic carbocycles. The van der Waals surface area contributed by atoms with Gasteiger partial charge in [0.2, 0.25) is 10.0 Å². The first-order valence-corrected chi connectivity index (χ1v) is 9.97. The van der Waals surface area contributed by atoms with Gasteiger partial charge in [-0.2, -0.15) is 0 Å². The van der Waals surface area contributed by atoms with Crippen LogP contribution in [-0.2, 0) is 16.4 Å². The zero-order valence-electron chi connectivity index (χ0n) is 11.1. The third-order valence-electron chi connectivity index (χ3n) is 3.60. The van der Waals surface area contributed by atoms with Crippen molar-refractivity contribution in [1.29, 1.82) is 0 Å². The summed E-state index contributed by atoms with van der Waals surface area (Å²) in [6.07, 6.45) is 5.57. The smallest absolute Gasteiger partial charge is 0.210 e. The van der Waals surface area contributed by atoms with E-state index in [0.717, 1.165) is 24.1 Å². The first kappa shape index (κ1) is 15.5. The van der Waals surface area contributed by atoms with Crippen LogP contribution in [-0.4, -0.2) is 19.8 Å². The number of hydrogen-bond donors (Lipinski definition) is 1. The first-order valence-electron chi connectivity index (χ1n) is 6.75. The van der Waals surface area contributed by atoms with Crippen molar-refractivity contribution >= 4 is 37.3 Å². The Morgan fingerprint density at radius 3 is 2.74 bits per heavy atom. The highest BCUT2D eigenvalue weighted by Gasteiger charge is 2.25. The second kappa shape index (κ2) is 6.70. The standard InChI is InChI=1S/C13H20BrNO2S2/c1-2-11-7-8-13(18-11)19(16,17)15-9-10-5-3-4-6-12(10)14/h7-8,10,12,15H,2-6,9H2,1H3. The van der Waals surface area contributed by atoms with E-state index in [1.54, 1.807) is 6.07 Å². The molecule has 19 heavy (non-hydrogen) atoms. The lowest BCUT2D eigenvalue weighted by Gasteiger charge is -2.27. The zero-order chi connectivity index (χ0) is 13.9. The second-order valence-electron chi connectivity index (χ2n) is 4.99. The van der Waals surface area contributed by atoms with Gasteiger partial charge in [-0.3, -0.25) is 0 Å². The lowest BCUT2D eigenvalue weighted by atomic mass is 9.89. The van der Waals surface area contributed by atoms with Crippen molar-refractivity contribution in [2.24, 2.45) is 5.92 Å². The van der Waals surface area contributed by atoms with Gasteiger partial charge in [0.15, 0.2) is 0 Å². The summed E-state index contributed by atoms with van der Waals surface area (Å²) >= 11 is 5.03. The molecule has 0 aromatic carbocycles. The summed E-state index contributed by atoms with van der Waals surface area (Å²) < 4.78 is 27.6. The molecule has 0 saturated heterocycles. The molecule has 1 fully saturated rings. The Labute approximate surface area is 128 Å². The summed E-state index contributed by atoms with van der Waals surface area (Å²) in [5.41, 5.74) is 0. The maximum atomic E-state index is 12.2. The first-order chi connectivity index (χ1) is 9.03. The molecule has 3 nitrogen and oxygen atoms in total. The molecular formula is C13H20BrNO2S2. The van der Waals surface area contributed by atoms with Gasteiger partial charge in [0.1, 0.15) is 4.21 Å². The van der Waals surface area contributed by atoms with Crippen molar-refractivity contribution in [3.8, 4) is 0 Å². The maximum absolute atomic E-state index is 12.2. The number of alkyl halides is 1. The highest BCUT2D eigenvalue weighted by molar-refractivity contribution is 9.09. The van der Waals surface area contributed by atoms with E-state index in [-0.39, 0.29) is 0 Å². The Bertz CT molecular complexity index is 512. The van der Waals surface area contributed by atoms with E-state index >= 15 is 0 Å². The molecule has 1 aliphatic rings. The molecule has 108 valence electrons. The Kier molecular flexibility index (Phi) is 5.45. The van der Waals surface area contributed by atoms with Gasteiger partial charge in [-0.1, -0.05) is 35.7 Å². The molecule has 2 atom stereocenters. The van der Waals surface area contributed by atoms with Crippen molar-refractivity contribution < 1.29 is 8.42 Å². The molecule has 0 bridgehead atoms. The SMILES string of the molecule is CCc1ccc(S(=O)(=O)NCC2CCCCC2Br)s1. The van der Waals surface area contributed by atoms with Gasteiger partial charge in [-0.05, 0) is 37.3 Å². The van der Waals surface area contributed by atoms with Crippen molar-refractivity contribution in [2.45, 2.75) is 48.1 Å². The Balaban J connectivity index is 1.97. The van der Waals surface area contributed by atoms with Gasteiger partial charge >= 0.3 is 0 Å². The Hall–Kier alpha value is 0.0900. The normalized spacial score (nSPS) is 24.5. The van der Waals surface area contributed by atoms with Crippen molar-refractivity contribution in [1.82, 2.24) is 4.72 Å². The van der Waals surface area contributed by atoms with Gasteiger partial charge in [0.25, 0.3) is 0 Å². The molecule has 2 unspecified atom stereocenters. The van der Waals surface area contributed by atoms with Crippen LogP contribution in [0.5, 0.6) is 0 Å². The summed E-state index contributed by atoms with van der Waals surface area (Å²) in [6.45, 7) is 2.57. The predicted molar refractivity (Wildman–Crippen MR) is 83.6 cm³/mol. The molecule has 1 saturated carbocycles. The third-order valence-corrected chi connectivity index (χ3v) is 7.95. The fourth-order valence-electron chi connectivity index (χ4n) is 2.37. The van der Waals surface area contributed by atoms with E-state index in [1.165, 1.54) is 24.2 Å². The fraction of sp³-hybridized carbons (Fsp3) is 0.692. The van der Waals surface area contributed by atoms with E-state index in [1.807, 2.05) is 13.0 Å². The fourth-order valence-corrected chi connectivity index (χ4v) is 5.58. The molecule has 2 rings (SSSR count). The number of thiophene rings is 1. The molecule has 1 aromatic heterocycles. The number of nitrogens with one attached hydrogen (secondary N) is 1. The van der Waals surface area contributed by atoms with Crippen LogP contribution in [0.2, 0.25) is 0 Å². The largest absolute Gasteiger partial charge is 0.250 e. The zero-order valence-corrected chi connectivity index (χ0v) is 14.3. The molecule has 1 aromatic rings. The monoisotopic (exact) mass is 365 g/mol. The van der Waals surface area contributed by atoms with Crippen LogP contribution in [0.1, 0.15) is 37.5 Å². The minimum atomic E-state index is -3.32. The van der Waals surface area contributed by atoms with E-state index < -0.39 is 10.0 Å². The second-order valence-corrected chi connectivity index (χ2v) is 9.32. The lowest BCUT2D eigenvalue weighted by molar-refractivity contribution is 0.373. The summed E-state index contributed by atoms with van der Waals surface area (Å²) in [5, 5.41) is 0. The molecule has 1 N–H and O–H groups in total. The highest BCUT2D eigenvalue weighted by atomic mass is 79.9. The van der Waals surface area contributed by atoms with E-state index in [0.29, 0.717) is 21.5 Å². The summed E-state index contributed by atoms with van der Waals surface area (Å²) in [6, 6.07) is 3.60. The summed E-state index contributed by atoms with van der Waals surface area (Å²) in [7, 11) is -3.32. The minimum Gasteiger partial charge on any atom is -0.210 e. The maximum Gasteiger partial charge on any atom is 0.250 e. The summed E-state index contributed by atoms with van der Waals surface area (Å²) in [4.78, 5) is 1.55. The number of hydrogen-bond acceptors (Lipinski definition) is 3. The third kappa shape index (κ3) is 4.03. The van der Waals surface area contributed by atoms with Crippen LogP contribution >= 0.6 is 27.3 Å². The highest BCUT2D eigenvalue weighted by Crippen LogP contribution is 2.30. The molecule has 1 heterocycles. The molecule has 0 aliphatic heterocycles. The van der Waals surface area contributed by atoms with Crippen LogP contribution in [0.25, 0.3) is 0 Å². The van der Waals surface area contributed by atoms with Gasteiger partial charge in [-0.15, -0.1) is 11.3 Å². The van der Waals surface area contributed by atoms with E-state index in [9.17, 15) is 8.42 Å². The van der Waals surface area contributed by atoms with Crippen LogP contribution in [0.3, 0.4) is 0 Å². The average Bonchev–Trinajstić information content (AvgIpc) is 2.87. The summed E-state index contributed by atoms with van der Waals surface area (Å²) in [5.74, 6) is 0.411. The van der Waals surface area contributed by atoms with Crippen LogP contribution in [0.4, 0.5) is 0 Å². The molecule has 0 amide bonds. The predicted octanol–water partition coefficient (Wildman–Crippen LogP) is 3.54. The van der Waals surface area contributed by atoms with Crippen molar-refractivity contribution in [2.75, 3.05) is 6.54 Å². The van der Waals surface area contributed by atoms with Gasteiger partial charge in [0.05, 0.1) is 0 Å². The van der Waals surface area contributed by atoms with Gasteiger partial charge in [-0.25, -0.2) is 13.1 Å². The topological polar surface area (TPSA) is 46.2 Å². The Morgan fingerprint density at radius 1 is 1.37 bits per heavy atom.